The first kappa shape index (κ1) is 13.1. The van der Waals surface area contributed by atoms with Crippen LogP contribution in [0.5, 0.6) is 0 Å². The minimum absolute atomic E-state index is 0.0472. The molecule has 1 N–H and O–H groups in total. The number of aliphatic hydroxyl groups excluding tert-OH is 1. The third-order valence-electron chi connectivity index (χ3n) is 5.23. The predicted octanol–water partition coefficient (Wildman–Crippen LogP) is 3.01. The van der Waals surface area contributed by atoms with Gasteiger partial charge in [-0.15, -0.1) is 0 Å². The van der Waals surface area contributed by atoms with Gasteiger partial charge >= 0.3 is 0 Å². The Balaban J connectivity index is 2.34. The number of fused-ring (bicyclic) bond motifs is 2. The van der Waals surface area contributed by atoms with Gasteiger partial charge in [0.25, 0.3) is 0 Å². The van der Waals surface area contributed by atoms with E-state index in [0.29, 0.717) is 23.9 Å². The second-order valence-corrected chi connectivity index (χ2v) is 6.04. The first-order valence-corrected chi connectivity index (χ1v) is 6.97. The summed E-state index contributed by atoms with van der Waals surface area (Å²) in [7, 11) is 0. The molecule has 1 aliphatic heterocycles. The molecule has 98 valence electrons. The molecule has 0 unspecified atom stereocenters. The van der Waals surface area contributed by atoms with Crippen molar-refractivity contribution >= 4 is 0 Å². The molecular weight excluding hydrogens is 212 g/mol. The quantitative estimate of drug-likeness (QED) is 0.766. The van der Waals surface area contributed by atoms with Gasteiger partial charge in [-0.05, 0) is 25.2 Å². The molecule has 0 saturated carbocycles. The Labute approximate surface area is 105 Å². The summed E-state index contributed by atoms with van der Waals surface area (Å²) in [4.78, 5) is 0. The smallest absolute Gasteiger partial charge is 0.0643 e. The van der Waals surface area contributed by atoms with E-state index in [9.17, 15) is 5.11 Å². The Morgan fingerprint density at radius 2 is 2.18 bits per heavy atom. The monoisotopic (exact) mass is 238 g/mol. The third kappa shape index (κ3) is 1.86. The molecule has 1 heterocycles. The van der Waals surface area contributed by atoms with Crippen molar-refractivity contribution in [2.45, 2.75) is 46.6 Å². The molecule has 2 rings (SSSR count). The lowest BCUT2D eigenvalue weighted by Crippen LogP contribution is -2.56. The average Bonchev–Trinajstić information content (AvgIpc) is 2.28. The molecule has 2 bridgehead atoms. The summed E-state index contributed by atoms with van der Waals surface area (Å²) in [6.07, 6.45) is 5.03. The summed E-state index contributed by atoms with van der Waals surface area (Å²) < 4.78 is 6.09. The van der Waals surface area contributed by atoms with Gasteiger partial charge in [-0.25, -0.2) is 0 Å². The lowest BCUT2D eigenvalue weighted by Gasteiger charge is -2.55. The lowest BCUT2D eigenvalue weighted by atomic mass is 9.56. The molecule has 1 aliphatic carbocycles. The molecule has 0 radical (unpaired) electrons. The summed E-state index contributed by atoms with van der Waals surface area (Å²) in [5.74, 6) is 1.45. The molecule has 5 atom stereocenters. The van der Waals surface area contributed by atoms with Crippen molar-refractivity contribution in [1.29, 1.82) is 0 Å². The summed E-state index contributed by atoms with van der Waals surface area (Å²) in [6, 6.07) is 0. The molecule has 17 heavy (non-hydrogen) atoms. The molecular formula is C15H26O2. The number of aliphatic hydroxyl groups is 1. The summed E-state index contributed by atoms with van der Waals surface area (Å²) in [5.41, 5.74) is 1.42. The fourth-order valence-corrected chi connectivity index (χ4v) is 3.96. The predicted molar refractivity (Wildman–Crippen MR) is 69.7 cm³/mol. The van der Waals surface area contributed by atoms with E-state index >= 15 is 0 Å². The van der Waals surface area contributed by atoms with Gasteiger partial charge in [0.2, 0.25) is 0 Å². The van der Waals surface area contributed by atoms with Crippen molar-refractivity contribution < 1.29 is 9.84 Å². The highest BCUT2D eigenvalue weighted by Crippen LogP contribution is 2.52. The normalized spacial score (nSPS) is 45.6. The van der Waals surface area contributed by atoms with Gasteiger partial charge in [-0.1, -0.05) is 38.8 Å². The number of allylic oxidation sites excluding steroid dienone is 1. The van der Waals surface area contributed by atoms with E-state index in [1.54, 1.807) is 0 Å². The van der Waals surface area contributed by atoms with Crippen LogP contribution >= 0.6 is 0 Å². The Hall–Kier alpha value is -0.340. The number of rotatable bonds is 3. The van der Waals surface area contributed by atoms with Crippen LogP contribution in [0.4, 0.5) is 0 Å². The molecule has 0 aromatic heterocycles. The largest absolute Gasteiger partial charge is 0.396 e. The van der Waals surface area contributed by atoms with Crippen LogP contribution in [0.25, 0.3) is 0 Å². The zero-order chi connectivity index (χ0) is 12.6. The highest BCUT2D eigenvalue weighted by Gasteiger charge is 2.52. The molecule has 1 fully saturated rings. The van der Waals surface area contributed by atoms with Crippen LogP contribution in [0.3, 0.4) is 0 Å². The van der Waals surface area contributed by atoms with Crippen LogP contribution in [0.2, 0.25) is 0 Å². The van der Waals surface area contributed by atoms with Crippen molar-refractivity contribution in [3.05, 3.63) is 11.6 Å². The highest BCUT2D eigenvalue weighted by atomic mass is 16.5. The molecule has 0 spiro atoms. The van der Waals surface area contributed by atoms with E-state index in [-0.39, 0.29) is 12.0 Å². The van der Waals surface area contributed by atoms with E-state index in [2.05, 4.69) is 33.8 Å². The molecule has 0 aromatic carbocycles. The van der Waals surface area contributed by atoms with Crippen LogP contribution in [0, 0.1) is 23.2 Å². The van der Waals surface area contributed by atoms with E-state index < -0.39 is 0 Å². The van der Waals surface area contributed by atoms with E-state index in [1.807, 2.05) is 0 Å². The molecule has 2 nitrogen and oxygen atoms in total. The Morgan fingerprint density at radius 1 is 1.47 bits per heavy atom. The summed E-state index contributed by atoms with van der Waals surface area (Å²) >= 11 is 0. The van der Waals surface area contributed by atoms with Crippen LogP contribution < -0.4 is 0 Å². The maximum absolute atomic E-state index is 9.83. The number of hydrogen-bond acceptors (Lipinski definition) is 2. The van der Waals surface area contributed by atoms with Crippen molar-refractivity contribution in [1.82, 2.24) is 0 Å². The van der Waals surface area contributed by atoms with Crippen molar-refractivity contribution in [3.63, 3.8) is 0 Å². The van der Waals surface area contributed by atoms with E-state index in [0.717, 1.165) is 13.0 Å². The van der Waals surface area contributed by atoms with Gasteiger partial charge < -0.3 is 9.84 Å². The SMILES string of the molecule is CCC[C@@H]1OC[C@@]2(CO)[C@H](C)C=C(C)[C@@H]1[C@@H]2C. The second kappa shape index (κ2) is 4.74. The molecule has 2 heteroatoms. The molecule has 1 saturated heterocycles. The van der Waals surface area contributed by atoms with Crippen molar-refractivity contribution in [2.75, 3.05) is 13.2 Å². The minimum atomic E-state index is -0.0472. The Kier molecular flexibility index (Phi) is 3.65. The Bertz CT molecular complexity index is 310. The van der Waals surface area contributed by atoms with Crippen LogP contribution in [0.15, 0.2) is 11.6 Å². The van der Waals surface area contributed by atoms with Crippen LogP contribution in [0.1, 0.15) is 40.5 Å². The van der Waals surface area contributed by atoms with Gasteiger partial charge in [0.1, 0.15) is 0 Å². The third-order valence-corrected chi connectivity index (χ3v) is 5.23. The zero-order valence-electron chi connectivity index (χ0n) is 11.6. The minimum Gasteiger partial charge on any atom is -0.396 e. The van der Waals surface area contributed by atoms with Gasteiger partial charge in [-0.3, -0.25) is 0 Å². The maximum Gasteiger partial charge on any atom is 0.0643 e. The van der Waals surface area contributed by atoms with E-state index in [4.69, 9.17) is 4.74 Å². The van der Waals surface area contributed by atoms with Gasteiger partial charge in [0.15, 0.2) is 0 Å². The molecule has 2 aliphatic rings. The van der Waals surface area contributed by atoms with E-state index in [1.165, 1.54) is 12.0 Å². The Morgan fingerprint density at radius 3 is 2.76 bits per heavy atom. The highest BCUT2D eigenvalue weighted by molar-refractivity contribution is 5.20. The summed E-state index contributed by atoms with van der Waals surface area (Å²) in [6.45, 7) is 9.93. The maximum atomic E-state index is 9.83. The van der Waals surface area contributed by atoms with Gasteiger partial charge in [0, 0.05) is 11.3 Å². The fourth-order valence-electron chi connectivity index (χ4n) is 3.96. The van der Waals surface area contributed by atoms with Crippen LogP contribution in [-0.4, -0.2) is 24.4 Å². The van der Waals surface area contributed by atoms with Gasteiger partial charge in [-0.2, -0.15) is 0 Å². The molecule has 0 amide bonds. The van der Waals surface area contributed by atoms with Crippen molar-refractivity contribution in [2.24, 2.45) is 23.2 Å². The van der Waals surface area contributed by atoms with Crippen LogP contribution in [-0.2, 0) is 4.74 Å². The zero-order valence-corrected chi connectivity index (χ0v) is 11.6. The number of hydrogen-bond donors (Lipinski definition) is 1. The first-order chi connectivity index (χ1) is 8.06. The molecule has 0 aromatic rings. The lowest BCUT2D eigenvalue weighted by molar-refractivity contribution is -0.164. The van der Waals surface area contributed by atoms with Gasteiger partial charge in [0.05, 0.1) is 19.3 Å². The summed E-state index contributed by atoms with van der Waals surface area (Å²) in [5, 5.41) is 9.83. The first-order valence-electron chi connectivity index (χ1n) is 6.97. The number of ether oxygens (including phenoxy) is 1. The topological polar surface area (TPSA) is 29.5 Å². The second-order valence-electron chi connectivity index (χ2n) is 6.04. The average molecular weight is 238 g/mol. The standard InChI is InChI=1S/C15H26O2/c1-5-6-13-14-10(2)7-11(3)15(8-16,9-17-13)12(14)4/h7,11-14,16H,5-6,8-9H2,1-4H3/t11-,12+,13+,14-,15+/m1/s1. The fraction of sp³-hybridized carbons (Fsp3) is 0.867. The van der Waals surface area contributed by atoms with Crippen molar-refractivity contribution in [3.8, 4) is 0 Å².